The molecule has 1 heterocycles. The molecule has 1 aromatic carbocycles. The summed E-state index contributed by atoms with van der Waals surface area (Å²) in [6.07, 6.45) is -0.0951. The Bertz CT molecular complexity index is 496. The Morgan fingerprint density at radius 2 is 1.76 bits per heavy atom. The van der Waals surface area contributed by atoms with Gasteiger partial charge in [-0.3, -0.25) is 9.59 Å². The van der Waals surface area contributed by atoms with Crippen molar-refractivity contribution in [1.29, 1.82) is 0 Å². The second-order valence-corrected chi connectivity index (χ2v) is 5.96. The first-order valence-electron chi connectivity index (χ1n) is 7.14. The number of piperazine rings is 1. The lowest BCUT2D eigenvalue weighted by Gasteiger charge is -2.33. The minimum absolute atomic E-state index is 0.0951. The second-order valence-electron chi connectivity index (χ2n) is 5.05. The molecule has 1 aromatic rings. The van der Waals surface area contributed by atoms with E-state index in [9.17, 15) is 9.59 Å². The van der Waals surface area contributed by atoms with Crippen molar-refractivity contribution in [3.8, 4) is 0 Å². The van der Waals surface area contributed by atoms with Gasteiger partial charge in [-0.05, 0) is 30.8 Å². The molecular weight excluding hydrogens is 334 g/mol. The fourth-order valence-electron chi connectivity index (χ4n) is 2.30. The number of likely N-dealkylation sites (N-methyl/N-ethyl adjacent to an activating group) is 1. The van der Waals surface area contributed by atoms with Gasteiger partial charge in [0.2, 0.25) is 11.8 Å². The molecule has 1 aliphatic heterocycles. The summed E-state index contributed by atoms with van der Waals surface area (Å²) in [6.45, 7) is 6.30. The van der Waals surface area contributed by atoms with E-state index in [1.165, 1.54) is 0 Å². The van der Waals surface area contributed by atoms with Gasteiger partial charge in [-0.2, -0.15) is 0 Å². The zero-order valence-corrected chi connectivity index (χ0v) is 13.7. The number of rotatable bonds is 4. The Kier molecular flexibility index (Phi) is 5.76. The molecule has 0 radical (unpaired) electrons. The molecule has 0 unspecified atom stereocenters. The van der Waals surface area contributed by atoms with Crippen LogP contribution in [0, 0.1) is 0 Å². The summed E-state index contributed by atoms with van der Waals surface area (Å²) in [5.41, 5.74) is 0.701. The number of nitrogens with zero attached hydrogens (tertiary/aromatic N) is 2. The number of carbonyl (C=O) groups is 2. The largest absolute Gasteiger partial charge is 0.340 e. The molecule has 0 aliphatic carbocycles. The smallest absolute Gasteiger partial charge is 0.233 e. The van der Waals surface area contributed by atoms with Crippen LogP contribution in [-0.2, 0) is 9.59 Å². The molecule has 2 amide bonds. The molecule has 114 valence electrons. The highest BCUT2D eigenvalue weighted by Crippen LogP contribution is 2.14. The van der Waals surface area contributed by atoms with E-state index in [0.717, 1.165) is 24.1 Å². The Balaban J connectivity index is 1.79. The minimum Gasteiger partial charge on any atom is -0.340 e. The van der Waals surface area contributed by atoms with E-state index in [-0.39, 0.29) is 18.2 Å². The summed E-state index contributed by atoms with van der Waals surface area (Å²) in [4.78, 5) is 28.0. The maximum absolute atomic E-state index is 12.1. The van der Waals surface area contributed by atoms with Crippen molar-refractivity contribution in [2.24, 2.45) is 0 Å². The monoisotopic (exact) mass is 353 g/mol. The van der Waals surface area contributed by atoms with E-state index in [4.69, 9.17) is 0 Å². The van der Waals surface area contributed by atoms with Crippen LogP contribution in [0.1, 0.15) is 13.3 Å². The quantitative estimate of drug-likeness (QED) is 0.841. The van der Waals surface area contributed by atoms with Crippen molar-refractivity contribution in [2.75, 3.05) is 38.0 Å². The summed E-state index contributed by atoms with van der Waals surface area (Å²) in [5, 5.41) is 2.74. The summed E-state index contributed by atoms with van der Waals surface area (Å²) < 4.78 is 0.949. The van der Waals surface area contributed by atoms with Crippen LogP contribution in [0.4, 0.5) is 5.69 Å². The van der Waals surface area contributed by atoms with Crippen LogP contribution in [0.5, 0.6) is 0 Å². The minimum atomic E-state index is -0.264. The molecule has 0 spiro atoms. The average molecular weight is 354 g/mol. The zero-order chi connectivity index (χ0) is 15.2. The molecule has 5 nitrogen and oxygen atoms in total. The van der Waals surface area contributed by atoms with Crippen LogP contribution < -0.4 is 5.32 Å². The van der Waals surface area contributed by atoms with Crippen LogP contribution in [-0.4, -0.2) is 54.3 Å². The predicted octanol–water partition coefficient (Wildman–Crippen LogP) is 1.94. The van der Waals surface area contributed by atoms with Gasteiger partial charge in [0.15, 0.2) is 0 Å². The molecular formula is C15H20BrN3O2. The first-order valence-corrected chi connectivity index (χ1v) is 7.93. The van der Waals surface area contributed by atoms with Crippen molar-refractivity contribution >= 4 is 33.4 Å². The van der Waals surface area contributed by atoms with Crippen LogP contribution in [0.15, 0.2) is 28.7 Å². The molecule has 0 aromatic heterocycles. The van der Waals surface area contributed by atoms with E-state index < -0.39 is 0 Å². The van der Waals surface area contributed by atoms with Gasteiger partial charge in [-0.15, -0.1) is 0 Å². The van der Waals surface area contributed by atoms with Crippen molar-refractivity contribution in [3.63, 3.8) is 0 Å². The summed E-state index contributed by atoms with van der Waals surface area (Å²) in [6, 6.07) is 7.29. The Labute approximate surface area is 133 Å². The number of anilines is 1. The van der Waals surface area contributed by atoms with Gasteiger partial charge >= 0.3 is 0 Å². The molecule has 21 heavy (non-hydrogen) atoms. The van der Waals surface area contributed by atoms with Gasteiger partial charge in [0.05, 0.1) is 0 Å². The Morgan fingerprint density at radius 1 is 1.14 bits per heavy atom. The molecule has 0 bridgehead atoms. The van der Waals surface area contributed by atoms with Crippen molar-refractivity contribution < 1.29 is 9.59 Å². The Hall–Kier alpha value is -1.40. The number of amides is 2. The zero-order valence-electron chi connectivity index (χ0n) is 12.1. The van der Waals surface area contributed by atoms with Gasteiger partial charge in [0.25, 0.3) is 0 Å². The normalized spacial score (nSPS) is 15.8. The maximum Gasteiger partial charge on any atom is 0.233 e. The third kappa shape index (κ3) is 4.82. The van der Waals surface area contributed by atoms with Gasteiger partial charge in [0, 0.05) is 36.3 Å². The third-order valence-electron chi connectivity index (χ3n) is 3.61. The topological polar surface area (TPSA) is 52.7 Å². The van der Waals surface area contributed by atoms with E-state index in [2.05, 4.69) is 33.1 Å². The summed E-state index contributed by atoms with van der Waals surface area (Å²) in [7, 11) is 0. The molecule has 1 N–H and O–H groups in total. The molecule has 6 heteroatoms. The molecule has 1 aliphatic rings. The van der Waals surface area contributed by atoms with Gasteiger partial charge in [-0.25, -0.2) is 0 Å². The lowest BCUT2D eigenvalue weighted by Crippen LogP contribution is -2.49. The molecule has 2 rings (SSSR count). The summed E-state index contributed by atoms with van der Waals surface area (Å²) in [5.74, 6) is -0.361. The van der Waals surface area contributed by atoms with Crippen LogP contribution >= 0.6 is 15.9 Å². The fourth-order valence-corrected chi connectivity index (χ4v) is 2.57. The predicted molar refractivity (Wildman–Crippen MR) is 86.1 cm³/mol. The standard InChI is InChI=1S/C15H20BrN3O2/c1-2-18-7-9-19(10-8-18)15(21)11-14(20)17-13-5-3-12(16)4-6-13/h3-6H,2,7-11H2,1H3,(H,17,20). The lowest BCUT2D eigenvalue weighted by atomic mass is 10.2. The van der Waals surface area contributed by atoms with Crippen LogP contribution in [0.2, 0.25) is 0 Å². The van der Waals surface area contributed by atoms with E-state index in [1.54, 1.807) is 17.0 Å². The average Bonchev–Trinajstić information content (AvgIpc) is 2.49. The number of carbonyl (C=O) groups excluding carboxylic acids is 2. The molecule has 0 saturated carbocycles. The second kappa shape index (κ2) is 7.56. The first kappa shape index (κ1) is 16.0. The van der Waals surface area contributed by atoms with Crippen LogP contribution in [0.3, 0.4) is 0 Å². The number of halogens is 1. The number of hydrogen-bond acceptors (Lipinski definition) is 3. The van der Waals surface area contributed by atoms with E-state index in [1.807, 2.05) is 12.1 Å². The van der Waals surface area contributed by atoms with Crippen molar-refractivity contribution in [3.05, 3.63) is 28.7 Å². The maximum atomic E-state index is 12.1. The number of benzene rings is 1. The highest BCUT2D eigenvalue weighted by molar-refractivity contribution is 9.10. The lowest BCUT2D eigenvalue weighted by molar-refractivity contribution is -0.136. The first-order chi connectivity index (χ1) is 10.1. The summed E-state index contributed by atoms with van der Waals surface area (Å²) >= 11 is 3.34. The van der Waals surface area contributed by atoms with Gasteiger partial charge < -0.3 is 15.1 Å². The van der Waals surface area contributed by atoms with Gasteiger partial charge in [-0.1, -0.05) is 22.9 Å². The SMILES string of the molecule is CCN1CCN(C(=O)CC(=O)Nc2ccc(Br)cc2)CC1. The van der Waals surface area contributed by atoms with Crippen molar-refractivity contribution in [2.45, 2.75) is 13.3 Å². The number of nitrogens with one attached hydrogen (secondary N) is 1. The van der Waals surface area contributed by atoms with Crippen LogP contribution in [0.25, 0.3) is 0 Å². The van der Waals surface area contributed by atoms with E-state index >= 15 is 0 Å². The fraction of sp³-hybridized carbons (Fsp3) is 0.467. The molecule has 0 atom stereocenters. The Morgan fingerprint density at radius 3 is 2.33 bits per heavy atom. The van der Waals surface area contributed by atoms with Crippen molar-refractivity contribution in [1.82, 2.24) is 9.80 Å². The highest BCUT2D eigenvalue weighted by Gasteiger charge is 2.21. The number of hydrogen-bond donors (Lipinski definition) is 1. The van der Waals surface area contributed by atoms with Gasteiger partial charge in [0.1, 0.15) is 6.42 Å². The highest BCUT2D eigenvalue weighted by atomic mass is 79.9. The molecule has 1 saturated heterocycles. The molecule has 1 fully saturated rings. The van der Waals surface area contributed by atoms with E-state index in [0.29, 0.717) is 18.8 Å². The third-order valence-corrected chi connectivity index (χ3v) is 4.14.